The van der Waals surface area contributed by atoms with Gasteiger partial charge in [0.2, 0.25) is 0 Å². The Labute approximate surface area is 212 Å². The highest BCUT2D eigenvalue weighted by atomic mass is 79.9. The van der Waals surface area contributed by atoms with Gasteiger partial charge in [0.15, 0.2) is 0 Å². The number of allylic oxidation sites excluding steroid dienone is 5. The van der Waals surface area contributed by atoms with E-state index in [0.717, 1.165) is 29.1 Å². The summed E-state index contributed by atoms with van der Waals surface area (Å²) in [5, 5.41) is 0.889. The lowest BCUT2D eigenvalue weighted by atomic mass is 9.74. The number of carbonyl (C=O) groups is 1. The molecule has 1 aliphatic heterocycles. The molecule has 5 heteroatoms. The van der Waals surface area contributed by atoms with Crippen molar-refractivity contribution >= 4 is 43.5 Å². The summed E-state index contributed by atoms with van der Waals surface area (Å²) in [6.07, 6.45) is 11.4. The third kappa shape index (κ3) is 4.38. The second kappa shape index (κ2) is 9.63. The summed E-state index contributed by atoms with van der Waals surface area (Å²) in [6.45, 7) is 1.79. The molecule has 0 bridgehead atoms. The van der Waals surface area contributed by atoms with Gasteiger partial charge >= 0.3 is 6.09 Å². The SMILES string of the molecule is O=C(OCC1C2=C(C=CCC=C2)c2ccccc21)N1CCC(CBr)(c2ccc(Br)cc2)CC1. The summed E-state index contributed by atoms with van der Waals surface area (Å²) in [6, 6.07) is 17.1. The highest BCUT2D eigenvalue weighted by Gasteiger charge is 2.37. The Bertz CT molecular complexity index is 1120. The van der Waals surface area contributed by atoms with E-state index in [2.05, 4.69) is 105 Å². The van der Waals surface area contributed by atoms with Crippen LogP contribution in [-0.4, -0.2) is 36.0 Å². The van der Waals surface area contributed by atoms with Gasteiger partial charge in [-0.25, -0.2) is 4.79 Å². The molecule has 0 spiro atoms. The summed E-state index contributed by atoms with van der Waals surface area (Å²) in [5.74, 6) is 0.0911. The number of fused-ring (bicyclic) bond motifs is 2. The van der Waals surface area contributed by atoms with Gasteiger partial charge in [-0.3, -0.25) is 0 Å². The molecule has 1 fully saturated rings. The Hall–Kier alpha value is -2.11. The Morgan fingerprint density at radius 2 is 1.76 bits per heavy atom. The van der Waals surface area contributed by atoms with E-state index in [1.54, 1.807) is 0 Å². The molecule has 33 heavy (non-hydrogen) atoms. The van der Waals surface area contributed by atoms with E-state index in [1.165, 1.54) is 27.8 Å². The first-order valence-corrected chi connectivity index (χ1v) is 13.4. The maximum atomic E-state index is 13.0. The molecule has 1 amide bonds. The normalized spacial score (nSPS) is 20.9. The maximum Gasteiger partial charge on any atom is 0.409 e. The minimum atomic E-state index is -0.200. The van der Waals surface area contributed by atoms with E-state index in [0.29, 0.717) is 19.7 Å². The second-order valence-electron chi connectivity index (χ2n) is 9.03. The number of rotatable bonds is 4. The molecular formula is C28H27Br2NO2. The molecule has 3 nitrogen and oxygen atoms in total. The van der Waals surface area contributed by atoms with Crippen LogP contribution in [0.5, 0.6) is 0 Å². The third-order valence-electron chi connectivity index (χ3n) is 7.23. The number of alkyl halides is 1. The van der Waals surface area contributed by atoms with Gasteiger partial charge in [0.25, 0.3) is 0 Å². The molecule has 2 aromatic rings. The molecule has 0 saturated carbocycles. The van der Waals surface area contributed by atoms with Gasteiger partial charge < -0.3 is 9.64 Å². The number of benzene rings is 2. The first-order chi connectivity index (χ1) is 16.1. The second-order valence-corrected chi connectivity index (χ2v) is 10.5. The Morgan fingerprint density at radius 3 is 2.52 bits per heavy atom. The average molecular weight is 569 g/mol. The van der Waals surface area contributed by atoms with Crippen LogP contribution in [0.2, 0.25) is 0 Å². The van der Waals surface area contributed by atoms with Crippen LogP contribution < -0.4 is 0 Å². The molecule has 1 saturated heterocycles. The molecule has 170 valence electrons. The molecule has 2 aliphatic carbocycles. The van der Waals surface area contributed by atoms with E-state index in [1.807, 2.05) is 4.90 Å². The fourth-order valence-electron chi connectivity index (χ4n) is 5.25. The zero-order valence-corrected chi connectivity index (χ0v) is 21.6. The van der Waals surface area contributed by atoms with E-state index in [9.17, 15) is 4.79 Å². The largest absolute Gasteiger partial charge is 0.448 e. The lowest BCUT2D eigenvalue weighted by Crippen LogP contribution is -2.46. The molecular weight excluding hydrogens is 542 g/mol. The van der Waals surface area contributed by atoms with E-state index in [-0.39, 0.29) is 17.4 Å². The van der Waals surface area contributed by atoms with Gasteiger partial charge in [-0.05, 0) is 59.2 Å². The van der Waals surface area contributed by atoms with Crippen molar-refractivity contribution in [3.63, 3.8) is 0 Å². The minimum absolute atomic E-state index is 0.0546. The van der Waals surface area contributed by atoms with E-state index in [4.69, 9.17) is 4.74 Å². The molecule has 1 heterocycles. The predicted octanol–water partition coefficient (Wildman–Crippen LogP) is 7.38. The molecule has 1 unspecified atom stereocenters. The first kappa shape index (κ1) is 22.7. The van der Waals surface area contributed by atoms with Crippen molar-refractivity contribution in [3.05, 3.63) is 99.6 Å². The van der Waals surface area contributed by atoms with Gasteiger partial charge in [-0.1, -0.05) is 92.6 Å². The van der Waals surface area contributed by atoms with Crippen molar-refractivity contribution < 1.29 is 9.53 Å². The molecule has 0 radical (unpaired) electrons. The van der Waals surface area contributed by atoms with Crippen molar-refractivity contribution in [2.75, 3.05) is 25.0 Å². The van der Waals surface area contributed by atoms with Gasteiger partial charge in [0.1, 0.15) is 6.61 Å². The molecule has 2 aromatic carbocycles. The van der Waals surface area contributed by atoms with E-state index < -0.39 is 0 Å². The number of piperidine rings is 1. The van der Waals surface area contributed by atoms with Crippen molar-refractivity contribution in [1.82, 2.24) is 4.90 Å². The van der Waals surface area contributed by atoms with Gasteiger partial charge in [0.05, 0.1) is 0 Å². The first-order valence-electron chi connectivity index (χ1n) is 11.5. The number of amides is 1. The fourth-order valence-corrected chi connectivity index (χ4v) is 6.40. The molecule has 1 atom stereocenters. The zero-order chi connectivity index (χ0) is 22.8. The van der Waals surface area contributed by atoms with Gasteiger partial charge in [-0.2, -0.15) is 0 Å². The van der Waals surface area contributed by atoms with E-state index >= 15 is 0 Å². The van der Waals surface area contributed by atoms with Crippen molar-refractivity contribution in [1.29, 1.82) is 0 Å². The summed E-state index contributed by atoms with van der Waals surface area (Å²) in [4.78, 5) is 14.9. The monoisotopic (exact) mass is 567 g/mol. The minimum Gasteiger partial charge on any atom is -0.448 e. The van der Waals surface area contributed by atoms with Crippen molar-refractivity contribution in [2.24, 2.45) is 0 Å². The van der Waals surface area contributed by atoms with Crippen molar-refractivity contribution in [3.8, 4) is 0 Å². The molecule has 0 aromatic heterocycles. The number of carbonyl (C=O) groups excluding carboxylic acids is 1. The van der Waals surface area contributed by atoms with Gasteiger partial charge in [-0.15, -0.1) is 0 Å². The van der Waals surface area contributed by atoms with Crippen LogP contribution in [0.3, 0.4) is 0 Å². The third-order valence-corrected chi connectivity index (χ3v) is 8.83. The Kier molecular flexibility index (Phi) is 6.62. The smallest absolute Gasteiger partial charge is 0.409 e. The molecule has 0 N–H and O–H groups in total. The number of likely N-dealkylation sites (tertiary alicyclic amines) is 1. The Balaban J connectivity index is 1.25. The maximum absolute atomic E-state index is 13.0. The number of ether oxygens (including phenoxy) is 1. The lowest BCUT2D eigenvalue weighted by molar-refractivity contribution is 0.0830. The highest BCUT2D eigenvalue weighted by Crippen LogP contribution is 2.44. The predicted molar refractivity (Wildman–Crippen MR) is 141 cm³/mol. The lowest BCUT2D eigenvalue weighted by Gasteiger charge is -2.41. The van der Waals surface area contributed by atoms with Gasteiger partial charge in [0, 0.05) is 34.2 Å². The number of halogens is 2. The van der Waals surface area contributed by atoms with Crippen LogP contribution in [0.15, 0.2) is 82.9 Å². The molecule has 3 aliphatic rings. The standard InChI is InChI=1S/C28H27Br2NO2/c29-19-28(20-10-12-21(30)13-11-20)14-16-31(17-15-28)27(32)33-18-26-24-7-3-1-2-6-22(24)23-8-4-5-9-25(23)26/h2-13,26H,1,14-19H2. The highest BCUT2D eigenvalue weighted by molar-refractivity contribution is 9.10. The average Bonchev–Trinajstić information content (AvgIpc) is 2.98. The summed E-state index contributed by atoms with van der Waals surface area (Å²) < 4.78 is 7.00. The van der Waals surface area contributed by atoms with Crippen LogP contribution in [0.4, 0.5) is 4.79 Å². The quantitative estimate of drug-likeness (QED) is 0.360. The Morgan fingerprint density at radius 1 is 1.03 bits per heavy atom. The number of hydrogen-bond donors (Lipinski definition) is 0. The summed E-state index contributed by atoms with van der Waals surface area (Å²) >= 11 is 7.27. The fraction of sp³-hybridized carbons (Fsp3) is 0.321. The van der Waals surface area contributed by atoms with Crippen LogP contribution in [0, 0.1) is 0 Å². The van der Waals surface area contributed by atoms with Crippen molar-refractivity contribution in [2.45, 2.75) is 30.6 Å². The van der Waals surface area contributed by atoms with Crippen LogP contribution >= 0.6 is 31.9 Å². The summed E-state index contributed by atoms with van der Waals surface area (Å²) in [7, 11) is 0. The zero-order valence-electron chi connectivity index (χ0n) is 18.5. The molecule has 5 rings (SSSR count). The van der Waals surface area contributed by atoms with Crippen LogP contribution in [0.25, 0.3) is 5.57 Å². The number of nitrogens with zero attached hydrogens (tertiary/aromatic N) is 1. The number of hydrogen-bond acceptors (Lipinski definition) is 2. The summed E-state index contributed by atoms with van der Waals surface area (Å²) in [5.41, 5.74) is 6.40. The topological polar surface area (TPSA) is 29.5 Å². The van der Waals surface area contributed by atoms with Crippen LogP contribution in [-0.2, 0) is 10.2 Å². The van der Waals surface area contributed by atoms with Crippen LogP contribution in [0.1, 0.15) is 41.9 Å².